The lowest BCUT2D eigenvalue weighted by Gasteiger charge is -2.25. The Labute approximate surface area is 110 Å². The van der Waals surface area contributed by atoms with Crippen LogP contribution in [0.3, 0.4) is 0 Å². The first kappa shape index (κ1) is 11.8. The van der Waals surface area contributed by atoms with E-state index in [1.807, 2.05) is 23.6 Å². The van der Waals surface area contributed by atoms with Crippen LogP contribution >= 0.6 is 11.3 Å². The van der Waals surface area contributed by atoms with Crippen LogP contribution in [-0.4, -0.2) is 22.8 Å². The van der Waals surface area contributed by atoms with E-state index in [1.54, 1.807) is 11.3 Å². The molecule has 1 aromatic heterocycles. The predicted octanol–water partition coefficient (Wildman–Crippen LogP) is 3.02. The molecule has 2 unspecified atom stereocenters. The second-order valence-electron chi connectivity index (χ2n) is 4.48. The van der Waals surface area contributed by atoms with E-state index in [4.69, 9.17) is 4.74 Å². The van der Waals surface area contributed by atoms with Crippen molar-refractivity contribution in [2.24, 2.45) is 0 Å². The molecule has 0 saturated carbocycles. The molecule has 1 fully saturated rings. The molecule has 0 bridgehead atoms. The van der Waals surface area contributed by atoms with Crippen molar-refractivity contribution in [3.05, 3.63) is 41.4 Å². The number of aliphatic hydroxyl groups is 1. The number of thiazole rings is 1. The Morgan fingerprint density at radius 3 is 2.89 bits per heavy atom. The minimum absolute atomic E-state index is 0.0533. The number of aliphatic hydroxyl groups excluding tert-OH is 1. The lowest BCUT2D eigenvalue weighted by molar-refractivity contribution is -0.0463. The van der Waals surface area contributed by atoms with Crippen molar-refractivity contribution in [3.8, 4) is 10.6 Å². The maximum absolute atomic E-state index is 9.66. The minimum Gasteiger partial charge on any atom is -0.393 e. The molecule has 2 atom stereocenters. The van der Waals surface area contributed by atoms with Crippen molar-refractivity contribution in [3.63, 3.8) is 0 Å². The number of ether oxygens (including phenoxy) is 1. The molecular formula is C14H15NO2S. The third-order valence-electron chi connectivity index (χ3n) is 3.13. The van der Waals surface area contributed by atoms with E-state index in [2.05, 4.69) is 17.1 Å². The highest BCUT2D eigenvalue weighted by atomic mass is 32.1. The second kappa shape index (κ2) is 5.18. The highest BCUT2D eigenvalue weighted by Crippen LogP contribution is 2.32. The standard InChI is InChI=1S/C14H15NO2S/c16-11-6-7-17-13(8-11)12-9-18-14(15-12)10-4-2-1-3-5-10/h1-5,9,11,13,16H,6-8H2. The van der Waals surface area contributed by atoms with Gasteiger partial charge in [-0.2, -0.15) is 0 Å². The highest BCUT2D eigenvalue weighted by molar-refractivity contribution is 7.13. The van der Waals surface area contributed by atoms with Crippen LogP contribution in [0.1, 0.15) is 24.6 Å². The molecule has 4 heteroatoms. The summed E-state index contributed by atoms with van der Waals surface area (Å²) in [6.45, 7) is 0.615. The lowest BCUT2D eigenvalue weighted by Crippen LogP contribution is -2.23. The van der Waals surface area contributed by atoms with E-state index in [9.17, 15) is 5.11 Å². The molecule has 1 saturated heterocycles. The van der Waals surface area contributed by atoms with Crippen LogP contribution in [0, 0.1) is 0 Å². The zero-order chi connectivity index (χ0) is 12.4. The molecule has 3 rings (SSSR count). The van der Waals surface area contributed by atoms with E-state index in [0.29, 0.717) is 13.0 Å². The first-order valence-corrected chi connectivity index (χ1v) is 7.01. The molecule has 2 heterocycles. The average molecular weight is 261 g/mol. The number of hydrogen-bond acceptors (Lipinski definition) is 4. The van der Waals surface area contributed by atoms with Gasteiger partial charge in [0.15, 0.2) is 0 Å². The van der Waals surface area contributed by atoms with Gasteiger partial charge in [0, 0.05) is 24.0 Å². The van der Waals surface area contributed by atoms with Crippen LogP contribution in [0.15, 0.2) is 35.7 Å². The number of hydrogen-bond donors (Lipinski definition) is 1. The van der Waals surface area contributed by atoms with E-state index < -0.39 is 0 Å². The van der Waals surface area contributed by atoms with Crippen LogP contribution in [0.4, 0.5) is 0 Å². The van der Waals surface area contributed by atoms with Crippen LogP contribution in [0.2, 0.25) is 0 Å². The summed E-state index contributed by atoms with van der Waals surface area (Å²) < 4.78 is 5.67. The summed E-state index contributed by atoms with van der Waals surface area (Å²) in [5, 5.41) is 12.7. The van der Waals surface area contributed by atoms with Gasteiger partial charge in [-0.15, -0.1) is 11.3 Å². The third-order valence-corrected chi connectivity index (χ3v) is 4.04. The molecule has 3 nitrogen and oxygen atoms in total. The van der Waals surface area contributed by atoms with Gasteiger partial charge in [-0.3, -0.25) is 0 Å². The molecule has 0 aliphatic carbocycles. The summed E-state index contributed by atoms with van der Waals surface area (Å²) in [5.74, 6) is 0. The zero-order valence-electron chi connectivity index (χ0n) is 9.95. The predicted molar refractivity (Wildman–Crippen MR) is 71.5 cm³/mol. The SMILES string of the molecule is OC1CCOC(c2csc(-c3ccccc3)n2)C1. The lowest BCUT2D eigenvalue weighted by atomic mass is 10.0. The van der Waals surface area contributed by atoms with Crippen LogP contribution in [-0.2, 0) is 4.74 Å². The molecule has 2 aromatic rings. The molecule has 1 N–H and O–H groups in total. The Bertz CT molecular complexity index is 512. The van der Waals surface area contributed by atoms with Gasteiger partial charge in [0.05, 0.1) is 11.8 Å². The normalized spacial score (nSPS) is 24.1. The molecule has 1 aromatic carbocycles. The summed E-state index contributed by atoms with van der Waals surface area (Å²) in [5.41, 5.74) is 2.07. The first-order chi connectivity index (χ1) is 8.83. The van der Waals surface area contributed by atoms with Gasteiger partial charge in [0.2, 0.25) is 0 Å². The molecule has 1 aliphatic rings. The van der Waals surface area contributed by atoms with Crippen LogP contribution in [0.5, 0.6) is 0 Å². The van der Waals surface area contributed by atoms with Crippen molar-refractivity contribution >= 4 is 11.3 Å². The van der Waals surface area contributed by atoms with E-state index in [1.165, 1.54) is 0 Å². The summed E-state index contributed by atoms with van der Waals surface area (Å²) >= 11 is 1.62. The van der Waals surface area contributed by atoms with E-state index in [-0.39, 0.29) is 12.2 Å². The molecular weight excluding hydrogens is 246 g/mol. The largest absolute Gasteiger partial charge is 0.393 e. The topological polar surface area (TPSA) is 42.4 Å². The maximum Gasteiger partial charge on any atom is 0.123 e. The Kier molecular flexibility index (Phi) is 3.41. The van der Waals surface area contributed by atoms with Crippen molar-refractivity contribution in [1.82, 2.24) is 4.98 Å². The fourth-order valence-corrected chi connectivity index (χ4v) is 3.00. The molecule has 1 aliphatic heterocycles. The van der Waals surface area contributed by atoms with Gasteiger partial charge in [0.1, 0.15) is 11.1 Å². The van der Waals surface area contributed by atoms with Crippen LogP contribution < -0.4 is 0 Å². The van der Waals surface area contributed by atoms with E-state index in [0.717, 1.165) is 22.7 Å². The summed E-state index contributed by atoms with van der Waals surface area (Å²) in [7, 11) is 0. The average Bonchev–Trinajstić information content (AvgIpc) is 2.89. The fourth-order valence-electron chi connectivity index (χ4n) is 2.13. The molecule has 18 heavy (non-hydrogen) atoms. The monoisotopic (exact) mass is 261 g/mol. The third kappa shape index (κ3) is 2.46. The highest BCUT2D eigenvalue weighted by Gasteiger charge is 2.24. The van der Waals surface area contributed by atoms with Crippen LogP contribution in [0.25, 0.3) is 10.6 Å². The number of nitrogens with zero attached hydrogens (tertiary/aromatic N) is 1. The first-order valence-electron chi connectivity index (χ1n) is 6.13. The van der Waals surface area contributed by atoms with Gasteiger partial charge < -0.3 is 9.84 Å². The summed E-state index contributed by atoms with van der Waals surface area (Å²) in [4.78, 5) is 4.62. The Hall–Kier alpha value is -1.23. The van der Waals surface area contributed by atoms with Crippen molar-refractivity contribution in [2.75, 3.05) is 6.61 Å². The molecule has 0 radical (unpaired) electrons. The minimum atomic E-state index is -0.259. The number of aromatic nitrogens is 1. The van der Waals surface area contributed by atoms with Gasteiger partial charge in [0.25, 0.3) is 0 Å². The maximum atomic E-state index is 9.66. The summed E-state index contributed by atoms with van der Waals surface area (Å²) in [6, 6.07) is 10.1. The Morgan fingerprint density at radius 2 is 2.11 bits per heavy atom. The quantitative estimate of drug-likeness (QED) is 0.903. The Morgan fingerprint density at radius 1 is 1.28 bits per heavy atom. The van der Waals surface area contributed by atoms with Gasteiger partial charge in [-0.25, -0.2) is 4.98 Å². The Balaban J connectivity index is 1.81. The van der Waals surface area contributed by atoms with E-state index >= 15 is 0 Å². The smallest absolute Gasteiger partial charge is 0.123 e. The van der Waals surface area contributed by atoms with Gasteiger partial charge >= 0.3 is 0 Å². The number of benzene rings is 1. The van der Waals surface area contributed by atoms with Crippen molar-refractivity contribution in [2.45, 2.75) is 25.0 Å². The summed E-state index contributed by atoms with van der Waals surface area (Å²) in [6.07, 6.45) is 1.07. The second-order valence-corrected chi connectivity index (χ2v) is 5.34. The van der Waals surface area contributed by atoms with Crippen molar-refractivity contribution < 1.29 is 9.84 Å². The molecule has 0 amide bonds. The van der Waals surface area contributed by atoms with Gasteiger partial charge in [-0.05, 0) is 6.42 Å². The zero-order valence-corrected chi connectivity index (χ0v) is 10.8. The fraction of sp³-hybridized carbons (Fsp3) is 0.357. The molecule has 94 valence electrons. The van der Waals surface area contributed by atoms with Gasteiger partial charge in [-0.1, -0.05) is 30.3 Å². The number of rotatable bonds is 2. The van der Waals surface area contributed by atoms with Crippen molar-refractivity contribution in [1.29, 1.82) is 0 Å². The molecule has 0 spiro atoms.